The van der Waals surface area contributed by atoms with Crippen LogP contribution in [0.1, 0.15) is 78.7 Å². The molecule has 0 aliphatic carbocycles. The monoisotopic (exact) mass is 598 g/mol. The van der Waals surface area contributed by atoms with Gasteiger partial charge in [-0.3, -0.25) is 14.2 Å². The molecule has 43 heavy (non-hydrogen) atoms. The summed E-state index contributed by atoms with van der Waals surface area (Å²) in [6, 6.07) is 19.8. The number of benzene rings is 2. The van der Waals surface area contributed by atoms with E-state index in [2.05, 4.69) is 29.5 Å². The van der Waals surface area contributed by atoms with Gasteiger partial charge in [0.05, 0.1) is 10.9 Å². The first kappa shape index (κ1) is 36.9. The zero-order valence-corrected chi connectivity index (χ0v) is 26.1. The van der Waals surface area contributed by atoms with Gasteiger partial charge in [0.25, 0.3) is 0 Å². The van der Waals surface area contributed by atoms with Crippen molar-refractivity contribution < 1.29 is 18.0 Å². The number of halogens is 3. The highest BCUT2D eigenvalue weighted by Crippen LogP contribution is 2.34. The number of amides is 1. The van der Waals surface area contributed by atoms with Gasteiger partial charge in [0, 0.05) is 37.1 Å². The average Bonchev–Trinajstić information content (AvgIpc) is 3.03. The Morgan fingerprint density at radius 3 is 1.88 bits per heavy atom. The van der Waals surface area contributed by atoms with E-state index in [1.165, 1.54) is 42.7 Å². The molecule has 2 aromatic carbocycles. The number of hydrogen-bond donors (Lipinski definition) is 2. The molecule has 0 saturated carbocycles. The summed E-state index contributed by atoms with van der Waals surface area (Å²) in [7, 11) is 1.63. The Morgan fingerprint density at radius 1 is 0.860 bits per heavy atom. The highest BCUT2D eigenvalue weighted by atomic mass is 19.4. The number of rotatable bonds is 8. The summed E-state index contributed by atoms with van der Waals surface area (Å²) in [5, 5.41) is 5.12. The van der Waals surface area contributed by atoms with E-state index in [9.17, 15) is 22.8 Å². The normalized spacial score (nSPS) is 10.3. The highest BCUT2D eigenvalue weighted by Gasteiger charge is 2.34. The van der Waals surface area contributed by atoms with Crippen molar-refractivity contribution in [1.82, 2.24) is 14.9 Å². The van der Waals surface area contributed by atoms with Crippen molar-refractivity contribution in [2.75, 3.05) is 12.4 Å². The number of anilines is 2. The van der Waals surface area contributed by atoms with Crippen molar-refractivity contribution in [3.8, 4) is 5.69 Å². The van der Waals surface area contributed by atoms with Gasteiger partial charge in [0.2, 0.25) is 5.91 Å². The minimum absolute atomic E-state index is 0.0630. The summed E-state index contributed by atoms with van der Waals surface area (Å²) < 4.78 is 42.0. The number of aromatic nitrogens is 2. The first-order valence-corrected chi connectivity index (χ1v) is 14.9. The minimum Gasteiger partial charge on any atom is -0.359 e. The molecule has 0 aliphatic heterocycles. The number of fused-ring (bicyclic) bond motifs is 1. The van der Waals surface area contributed by atoms with Gasteiger partial charge >= 0.3 is 6.18 Å². The fourth-order valence-corrected chi connectivity index (χ4v) is 3.93. The Balaban J connectivity index is 0.000000514. The summed E-state index contributed by atoms with van der Waals surface area (Å²) >= 11 is 0. The zero-order valence-electron chi connectivity index (χ0n) is 26.1. The van der Waals surface area contributed by atoms with Gasteiger partial charge < -0.3 is 10.6 Å². The first-order chi connectivity index (χ1) is 20.7. The summed E-state index contributed by atoms with van der Waals surface area (Å²) in [6.07, 6.45) is 3.99. The lowest BCUT2D eigenvalue weighted by molar-refractivity contribution is -0.136. The lowest BCUT2D eigenvalue weighted by Crippen LogP contribution is -2.18. The first-order valence-electron chi connectivity index (χ1n) is 14.9. The van der Waals surface area contributed by atoms with Crippen molar-refractivity contribution in [2.45, 2.75) is 79.3 Å². The number of alkyl halides is 3. The molecule has 2 aromatic heterocycles. The molecule has 1 amide bonds. The second-order valence-electron chi connectivity index (χ2n) is 9.20. The van der Waals surface area contributed by atoms with E-state index in [0.717, 1.165) is 12.3 Å². The van der Waals surface area contributed by atoms with Crippen LogP contribution in [0, 0.1) is 0 Å². The molecule has 0 radical (unpaired) electrons. The molecule has 0 spiro atoms. The fourth-order valence-electron chi connectivity index (χ4n) is 3.93. The summed E-state index contributed by atoms with van der Waals surface area (Å²) in [4.78, 5) is 26.8. The lowest BCUT2D eigenvalue weighted by Gasteiger charge is -2.19. The molecular weight excluding hydrogens is 553 g/mol. The molecule has 0 bridgehead atoms. The smallest absolute Gasteiger partial charge is 0.359 e. The van der Waals surface area contributed by atoms with Gasteiger partial charge in [-0.2, -0.15) is 13.2 Å². The summed E-state index contributed by atoms with van der Waals surface area (Å²) in [5.74, 6) is 0.414. The van der Waals surface area contributed by atoms with Crippen LogP contribution < -0.4 is 16.1 Å². The number of nitrogens with one attached hydrogen (secondary N) is 2. The predicted octanol–water partition coefficient (Wildman–Crippen LogP) is 9.29. The van der Waals surface area contributed by atoms with E-state index in [4.69, 9.17) is 0 Å². The van der Waals surface area contributed by atoms with Crippen molar-refractivity contribution in [2.24, 2.45) is 0 Å². The van der Waals surface area contributed by atoms with E-state index >= 15 is 0 Å². The standard InChI is InChI=1S/C21H14F3N3O.C7H16.C4H9NO.C2H6/c22-21(23,24)16-11-12-25-20-19(16)17(28)13-18(26-14-7-3-1-4-8-14)27(20)15-9-5-2-6-10-15;1-3-5-7-6-4-2;1-3-4(6)5-2;1-2/h1-13,26H;3-7H2,1-2H3;3H2,1-2H3,(H,5,6);1-2H3. The molecule has 0 saturated heterocycles. The predicted molar refractivity (Wildman–Crippen MR) is 172 cm³/mol. The Bertz CT molecular complexity index is 1400. The van der Waals surface area contributed by atoms with Crippen molar-refractivity contribution in [3.63, 3.8) is 0 Å². The van der Waals surface area contributed by atoms with Crippen LogP contribution >= 0.6 is 0 Å². The van der Waals surface area contributed by atoms with Crippen LogP contribution in [0.4, 0.5) is 24.7 Å². The zero-order chi connectivity index (χ0) is 32.3. The quantitative estimate of drug-likeness (QED) is 0.198. The van der Waals surface area contributed by atoms with Crippen molar-refractivity contribution in [3.05, 3.63) is 94.8 Å². The number of carbonyl (C=O) groups excluding carboxylic acids is 1. The molecule has 4 rings (SSSR count). The molecule has 2 heterocycles. The summed E-state index contributed by atoms with van der Waals surface area (Å²) in [6.45, 7) is 10.3. The Kier molecular flexibility index (Phi) is 17.1. The maximum Gasteiger partial charge on any atom is 0.417 e. The van der Waals surface area contributed by atoms with Gasteiger partial charge in [-0.25, -0.2) is 4.98 Å². The molecule has 0 unspecified atom stereocenters. The topological polar surface area (TPSA) is 76.0 Å². The number of carbonyl (C=O) groups is 1. The van der Waals surface area contributed by atoms with E-state index < -0.39 is 22.6 Å². The molecule has 9 heteroatoms. The van der Waals surface area contributed by atoms with Gasteiger partial charge in [0.15, 0.2) is 11.1 Å². The Labute approximate surface area is 253 Å². The van der Waals surface area contributed by atoms with Gasteiger partial charge in [-0.05, 0) is 30.3 Å². The molecule has 2 N–H and O–H groups in total. The molecule has 6 nitrogen and oxygen atoms in total. The average molecular weight is 599 g/mol. The molecular formula is C34H45F3N4O2. The highest BCUT2D eigenvalue weighted by molar-refractivity contribution is 5.84. The number of pyridine rings is 2. The third-order valence-corrected chi connectivity index (χ3v) is 6.07. The van der Waals surface area contributed by atoms with Crippen molar-refractivity contribution in [1.29, 1.82) is 0 Å². The molecule has 4 aromatic rings. The maximum absolute atomic E-state index is 13.5. The van der Waals surface area contributed by atoms with Gasteiger partial charge in [-0.15, -0.1) is 0 Å². The molecule has 0 fully saturated rings. The van der Waals surface area contributed by atoms with E-state index in [1.807, 2.05) is 39.0 Å². The molecule has 234 valence electrons. The van der Waals surface area contributed by atoms with Gasteiger partial charge in [-0.1, -0.05) is 103 Å². The van der Waals surface area contributed by atoms with Crippen LogP contribution in [-0.2, 0) is 11.0 Å². The van der Waals surface area contributed by atoms with E-state index in [-0.39, 0.29) is 11.6 Å². The summed E-state index contributed by atoms with van der Waals surface area (Å²) in [5.41, 5.74) is -0.540. The van der Waals surface area contributed by atoms with Crippen LogP contribution in [-0.4, -0.2) is 22.5 Å². The van der Waals surface area contributed by atoms with Crippen LogP contribution in [0.5, 0.6) is 0 Å². The van der Waals surface area contributed by atoms with Crippen LogP contribution in [0.25, 0.3) is 16.7 Å². The van der Waals surface area contributed by atoms with Gasteiger partial charge in [0.1, 0.15) is 5.82 Å². The molecule has 0 atom stereocenters. The minimum atomic E-state index is -4.66. The van der Waals surface area contributed by atoms with E-state index in [1.54, 1.807) is 49.5 Å². The number of para-hydroxylation sites is 2. The number of nitrogens with zero attached hydrogens (tertiary/aromatic N) is 2. The maximum atomic E-state index is 13.5. The van der Waals surface area contributed by atoms with Crippen LogP contribution in [0.2, 0.25) is 0 Å². The second-order valence-corrected chi connectivity index (χ2v) is 9.20. The van der Waals surface area contributed by atoms with Crippen molar-refractivity contribution >= 4 is 28.4 Å². The SMILES string of the molecule is CC.CCC(=O)NC.CCCCCCC.O=c1cc(Nc2ccccc2)n(-c2ccccc2)c2nccc(C(F)(F)F)c12. The third kappa shape index (κ3) is 11.9. The third-order valence-electron chi connectivity index (χ3n) is 6.07. The van der Waals surface area contributed by atoms with E-state index in [0.29, 0.717) is 23.6 Å². The number of hydrogen-bond acceptors (Lipinski definition) is 4. The molecule has 0 aliphatic rings. The Morgan fingerprint density at radius 2 is 1.42 bits per heavy atom. The van der Waals surface area contributed by atoms with Crippen LogP contribution in [0.15, 0.2) is 83.8 Å². The second kappa shape index (κ2) is 19.9. The largest absolute Gasteiger partial charge is 0.417 e. The van der Waals surface area contributed by atoms with Crippen LogP contribution in [0.3, 0.4) is 0 Å². The Hall–Kier alpha value is -4.14. The number of unbranched alkanes of at least 4 members (excludes halogenated alkanes) is 4. The lowest BCUT2D eigenvalue weighted by atomic mass is 10.1. The fraction of sp³-hybridized carbons (Fsp3) is 0.382.